The molecule has 0 atom stereocenters. The average molecular weight is 371 g/mol. The summed E-state index contributed by atoms with van der Waals surface area (Å²) in [5, 5.41) is 9.58. The zero-order valence-electron chi connectivity index (χ0n) is 11.3. The minimum absolute atomic E-state index is 0.148. The lowest BCUT2D eigenvalue weighted by Gasteiger charge is -2.09. The predicted molar refractivity (Wildman–Crippen MR) is 84.4 cm³/mol. The second kappa shape index (κ2) is 6.91. The third kappa shape index (κ3) is 4.19. The Balaban J connectivity index is 2.38. The van der Waals surface area contributed by atoms with Gasteiger partial charge < -0.3 is 9.84 Å². The van der Waals surface area contributed by atoms with E-state index in [0.29, 0.717) is 22.9 Å². The zero-order chi connectivity index (χ0) is 15.4. The minimum atomic E-state index is -1.01. The Morgan fingerprint density at radius 2 is 2.14 bits per heavy atom. The van der Waals surface area contributed by atoms with Gasteiger partial charge in [-0.3, -0.25) is 0 Å². The van der Waals surface area contributed by atoms with Gasteiger partial charge in [-0.05, 0) is 30.7 Å². The molecule has 1 N–H and O–H groups in total. The zero-order valence-corrected chi connectivity index (χ0v) is 13.6. The lowest BCUT2D eigenvalue weighted by atomic mass is 10.1. The first-order valence-corrected chi connectivity index (χ1v) is 7.54. The molecular weight excluding hydrogens is 358 g/mol. The number of ether oxygens (including phenoxy) is 1. The van der Waals surface area contributed by atoms with Crippen LogP contribution < -0.4 is 4.74 Å². The molecule has 0 radical (unpaired) electrons. The lowest BCUT2D eigenvalue weighted by Crippen LogP contribution is -2.02. The van der Waals surface area contributed by atoms with Crippen LogP contribution in [0.5, 0.6) is 11.6 Å². The summed E-state index contributed by atoms with van der Waals surface area (Å²) in [7, 11) is 0. The standard InChI is InChI=1S/C15H13BrClNO3/c1-2-3-11-6-9(15(19)20)7-14(18-11)21-13-8-10(16)4-5-12(13)17/h4-8H,2-3H2,1H3,(H,19,20). The number of hydrogen-bond acceptors (Lipinski definition) is 3. The largest absolute Gasteiger partial charge is 0.478 e. The molecule has 110 valence electrons. The van der Waals surface area contributed by atoms with Crippen LogP contribution in [0.3, 0.4) is 0 Å². The fourth-order valence-electron chi connectivity index (χ4n) is 1.79. The number of aryl methyl sites for hydroxylation is 1. The van der Waals surface area contributed by atoms with Gasteiger partial charge in [0.25, 0.3) is 0 Å². The number of rotatable bonds is 5. The lowest BCUT2D eigenvalue weighted by molar-refractivity contribution is 0.0696. The molecule has 2 aromatic rings. The van der Waals surface area contributed by atoms with Crippen LogP contribution in [0.2, 0.25) is 5.02 Å². The van der Waals surface area contributed by atoms with Crippen molar-refractivity contribution in [3.05, 3.63) is 51.1 Å². The fourth-order valence-corrected chi connectivity index (χ4v) is 2.28. The number of pyridine rings is 1. The van der Waals surface area contributed by atoms with Crippen LogP contribution in [-0.2, 0) is 6.42 Å². The van der Waals surface area contributed by atoms with Gasteiger partial charge in [0.15, 0.2) is 0 Å². The third-order valence-corrected chi connectivity index (χ3v) is 3.52. The van der Waals surface area contributed by atoms with Crippen LogP contribution in [0.15, 0.2) is 34.8 Å². The Labute approximate surface area is 135 Å². The third-order valence-electron chi connectivity index (χ3n) is 2.72. The monoisotopic (exact) mass is 369 g/mol. The van der Waals surface area contributed by atoms with Crippen molar-refractivity contribution < 1.29 is 14.6 Å². The first-order valence-electron chi connectivity index (χ1n) is 6.36. The number of aromatic carboxylic acids is 1. The summed E-state index contributed by atoms with van der Waals surface area (Å²) < 4.78 is 6.44. The van der Waals surface area contributed by atoms with Crippen molar-refractivity contribution in [3.63, 3.8) is 0 Å². The van der Waals surface area contributed by atoms with Crippen LogP contribution in [0.25, 0.3) is 0 Å². The van der Waals surface area contributed by atoms with E-state index in [4.69, 9.17) is 21.4 Å². The Kier molecular flexibility index (Phi) is 5.20. The summed E-state index contributed by atoms with van der Waals surface area (Å²) in [6.07, 6.45) is 1.55. The molecule has 0 aliphatic carbocycles. The van der Waals surface area contributed by atoms with Crippen molar-refractivity contribution in [3.8, 4) is 11.6 Å². The number of carboxylic acids is 1. The van der Waals surface area contributed by atoms with Crippen LogP contribution in [0.4, 0.5) is 0 Å². The SMILES string of the molecule is CCCc1cc(C(=O)O)cc(Oc2cc(Br)ccc2Cl)n1. The summed E-state index contributed by atoms with van der Waals surface area (Å²) in [6.45, 7) is 2.00. The van der Waals surface area contributed by atoms with Gasteiger partial charge in [-0.15, -0.1) is 0 Å². The Hall–Kier alpha value is -1.59. The molecule has 0 saturated heterocycles. The van der Waals surface area contributed by atoms with Gasteiger partial charge in [-0.1, -0.05) is 40.9 Å². The first-order chi connectivity index (χ1) is 9.99. The Morgan fingerprint density at radius 1 is 1.38 bits per heavy atom. The van der Waals surface area contributed by atoms with Crippen LogP contribution in [0, 0.1) is 0 Å². The number of carbonyl (C=O) groups is 1. The molecule has 0 amide bonds. The van der Waals surface area contributed by atoms with Gasteiger partial charge in [0.05, 0.1) is 10.6 Å². The molecule has 0 fully saturated rings. The van der Waals surface area contributed by atoms with E-state index >= 15 is 0 Å². The van der Waals surface area contributed by atoms with Gasteiger partial charge in [0, 0.05) is 16.2 Å². The molecule has 0 bridgehead atoms. The van der Waals surface area contributed by atoms with Crippen molar-refractivity contribution in [2.24, 2.45) is 0 Å². The average Bonchev–Trinajstić information content (AvgIpc) is 2.43. The summed E-state index contributed by atoms with van der Waals surface area (Å²) in [4.78, 5) is 15.5. The van der Waals surface area contributed by atoms with E-state index in [0.717, 1.165) is 10.9 Å². The topological polar surface area (TPSA) is 59.4 Å². The van der Waals surface area contributed by atoms with Crippen molar-refractivity contribution in [1.82, 2.24) is 4.98 Å². The van der Waals surface area contributed by atoms with E-state index < -0.39 is 5.97 Å². The van der Waals surface area contributed by atoms with Crippen molar-refractivity contribution in [2.75, 3.05) is 0 Å². The highest BCUT2D eigenvalue weighted by Crippen LogP contribution is 2.31. The number of hydrogen-bond donors (Lipinski definition) is 1. The predicted octanol–water partition coefficient (Wildman–Crippen LogP) is 4.94. The Morgan fingerprint density at radius 3 is 2.81 bits per heavy atom. The highest BCUT2D eigenvalue weighted by atomic mass is 79.9. The molecule has 0 unspecified atom stereocenters. The highest BCUT2D eigenvalue weighted by Gasteiger charge is 2.11. The molecule has 1 heterocycles. The van der Waals surface area contributed by atoms with Gasteiger partial charge >= 0.3 is 5.97 Å². The maximum absolute atomic E-state index is 11.2. The molecule has 6 heteroatoms. The molecule has 1 aromatic heterocycles. The van der Waals surface area contributed by atoms with E-state index in [2.05, 4.69) is 20.9 Å². The minimum Gasteiger partial charge on any atom is -0.478 e. The van der Waals surface area contributed by atoms with E-state index in [-0.39, 0.29) is 11.4 Å². The highest BCUT2D eigenvalue weighted by molar-refractivity contribution is 9.10. The van der Waals surface area contributed by atoms with Crippen molar-refractivity contribution >= 4 is 33.5 Å². The maximum atomic E-state index is 11.2. The number of nitrogens with zero attached hydrogens (tertiary/aromatic N) is 1. The van der Waals surface area contributed by atoms with Gasteiger partial charge in [-0.2, -0.15) is 0 Å². The summed E-state index contributed by atoms with van der Waals surface area (Å²) >= 11 is 9.39. The Bertz CT molecular complexity index is 676. The van der Waals surface area contributed by atoms with Crippen LogP contribution in [-0.4, -0.2) is 16.1 Å². The van der Waals surface area contributed by atoms with E-state index in [9.17, 15) is 4.79 Å². The second-order valence-electron chi connectivity index (χ2n) is 4.42. The molecule has 2 rings (SSSR count). The molecule has 0 aliphatic rings. The van der Waals surface area contributed by atoms with E-state index in [1.165, 1.54) is 6.07 Å². The number of benzene rings is 1. The van der Waals surface area contributed by atoms with E-state index in [1.807, 2.05) is 6.92 Å². The van der Waals surface area contributed by atoms with Gasteiger partial charge in [0.2, 0.25) is 5.88 Å². The second-order valence-corrected chi connectivity index (χ2v) is 5.74. The fraction of sp³-hybridized carbons (Fsp3) is 0.200. The summed E-state index contributed by atoms with van der Waals surface area (Å²) in [6, 6.07) is 8.13. The molecule has 21 heavy (non-hydrogen) atoms. The van der Waals surface area contributed by atoms with Crippen LogP contribution >= 0.6 is 27.5 Å². The summed E-state index contributed by atoms with van der Waals surface area (Å²) in [5.74, 6) is -0.373. The number of carboxylic acid groups (broad SMARTS) is 1. The number of halogens is 2. The van der Waals surface area contributed by atoms with Gasteiger partial charge in [0.1, 0.15) is 5.75 Å². The van der Waals surface area contributed by atoms with Crippen molar-refractivity contribution in [2.45, 2.75) is 19.8 Å². The molecule has 0 aliphatic heterocycles. The quantitative estimate of drug-likeness (QED) is 0.810. The summed E-state index contributed by atoms with van der Waals surface area (Å²) in [5.41, 5.74) is 0.827. The van der Waals surface area contributed by atoms with Gasteiger partial charge in [-0.25, -0.2) is 9.78 Å². The maximum Gasteiger partial charge on any atom is 0.335 e. The molecular formula is C15H13BrClNO3. The number of aromatic nitrogens is 1. The smallest absolute Gasteiger partial charge is 0.335 e. The van der Waals surface area contributed by atoms with E-state index in [1.54, 1.807) is 24.3 Å². The van der Waals surface area contributed by atoms with Crippen LogP contribution in [0.1, 0.15) is 29.4 Å². The first kappa shape index (κ1) is 15.8. The normalized spacial score (nSPS) is 10.4. The molecule has 0 saturated carbocycles. The van der Waals surface area contributed by atoms with Crippen molar-refractivity contribution in [1.29, 1.82) is 0 Å². The molecule has 1 aromatic carbocycles. The molecule has 0 spiro atoms. The molecule has 4 nitrogen and oxygen atoms in total.